The molecule has 0 saturated carbocycles. The van der Waals surface area contributed by atoms with E-state index in [0.717, 1.165) is 25.9 Å². The van der Waals surface area contributed by atoms with E-state index in [9.17, 15) is 4.79 Å². The van der Waals surface area contributed by atoms with Crippen molar-refractivity contribution in [2.75, 3.05) is 13.1 Å². The van der Waals surface area contributed by atoms with Gasteiger partial charge in [-0.15, -0.1) is 0 Å². The summed E-state index contributed by atoms with van der Waals surface area (Å²) in [5.74, 6) is 0.485. The van der Waals surface area contributed by atoms with E-state index in [-0.39, 0.29) is 6.03 Å². The Balaban J connectivity index is 2.24. The van der Waals surface area contributed by atoms with Crippen molar-refractivity contribution in [2.45, 2.75) is 26.7 Å². The molecule has 0 aliphatic carbocycles. The van der Waals surface area contributed by atoms with Crippen LogP contribution < -0.4 is 5.32 Å². The standard InChI is InChI=1S/C10H18N2O/c1-9(2)5-6-11-10(13)12-7-3-4-8-12/h5-6,9H,3-4,7-8H2,1-2H3,(H,11,13)/b6-5+. The minimum Gasteiger partial charge on any atom is -0.325 e. The molecule has 3 heteroatoms. The van der Waals surface area contributed by atoms with Crippen LogP contribution in [0, 0.1) is 5.92 Å². The van der Waals surface area contributed by atoms with E-state index in [4.69, 9.17) is 0 Å². The lowest BCUT2D eigenvalue weighted by atomic mass is 10.2. The van der Waals surface area contributed by atoms with E-state index >= 15 is 0 Å². The molecular formula is C10H18N2O. The van der Waals surface area contributed by atoms with Crippen molar-refractivity contribution in [3.63, 3.8) is 0 Å². The maximum atomic E-state index is 11.4. The van der Waals surface area contributed by atoms with E-state index in [1.165, 1.54) is 0 Å². The van der Waals surface area contributed by atoms with Crippen molar-refractivity contribution in [2.24, 2.45) is 5.92 Å². The molecule has 0 radical (unpaired) electrons. The monoisotopic (exact) mass is 182 g/mol. The molecular weight excluding hydrogens is 164 g/mol. The zero-order valence-electron chi connectivity index (χ0n) is 8.42. The summed E-state index contributed by atoms with van der Waals surface area (Å²) in [6.07, 6.45) is 6.00. The quantitative estimate of drug-likeness (QED) is 0.695. The SMILES string of the molecule is CC(C)/C=C/NC(=O)N1CCCC1. The number of carbonyl (C=O) groups excluding carboxylic acids is 1. The van der Waals surface area contributed by atoms with Gasteiger partial charge in [0.2, 0.25) is 0 Å². The van der Waals surface area contributed by atoms with Crippen LogP contribution in [0.1, 0.15) is 26.7 Å². The molecule has 74 valence electrons. The molecule has 0 aromatic rings. The average molecular weight is 182 g/mol. The number of amides is 2. The summed E-state index contributed by atoms with van der Waals surface area (Å²) in [7, 11) is 0. The number of nitrogens with one attached hydrogen (secondary N) is 1. The van der Waals surface area contributed by atoms with Crippen molar-refractivity contribution in [1.82, 2.24) is 10.2 Å². The molecule has 2 amide bonds. The molecule has 1 aliphatic rings. The molecule has 0 aromatic heterocycles. The molecule has 1 rings (SSSR count). The number of nitrogens with zero attached hydrogens (tertiary/aromatic N) is 1. The summed E-state index contributed by atoms with van der Waals surface area (Å²) in [6.45, 7) is 5.97. The van der Waals surface area contributed by atoms with Gasteiger partial charge >= 0.3 is 6.03 Å². The van der Waals surface area contributed by atoms with Crippen LogP contribution in [0.15, 0.2) is 12.3 Å². The highest BCUT2D eigenvalue weighted by atomic mass is 16.2. The molecule has 0 atom stereocenters. The Bertz CT molecular complexity index is 193. The number of urea groups is 1. The van der Waals surface area contributed by atoms with Gasteiger partial charge in [-0.25, -0.2) is 4.79 Å². The van der Waals surface area contributed by atoms with Crippen molar-refractivity contribution < 1.29 is 4.79 Å². The topological polar surface area (TPSA) is 32.3 Å². The van der Waals surface area contributed by atoms with Crippen molar-refractivity contribution in [3.05, 3.63) is 12.3 Å². The zero-order chi connectivity index (χ0) is 9.68. The second-order valence-corrected chi connectivity index (χ2v) is 3.75. The van der Waals surface area contributed by atoms with Crippen LogP contribution >= 0.6 is 0 Å². The molecule has 13 heavy (non-hydrogen) atoms. The van der Waals surface area contributed by atoms with Gasteiger partial charge in [0.15, 0.2) is 0 Å². The summed E-state index contributed by atoms with van der Waals surface area (Å²) in [4.78, 5) is 13.2. The fourth-order valence-corrected chi connectivity index (χ4v) is 1.32. The van der Waals surface area contributed by atoms with Crippen molar-refractivity contribution in [3.8, 4) is 0 Å². The number of likely N-dealkylation sites (tertiary alicyclic amines) is 1. The van der Waals surface area contributed by atoms with Gasteiger partial charge in [-0.3, -0.25) is 0 Å². The number of hydrogen-bond acceptors (Lipinski definition) is 1. The Kier molecular flexibility index (Phi) is 3.80. The summed E-state index contributed by atoms with van der Waals surface area (Å²) >= 11 is 0. The zero-order valence-corrected chi connectivity index (χ0v) is 8.42. The maximum absolute atomic E-state index is 11.4. The highest BCUT2D eigenvalue weighted by Gasteiger charge is 2.15. The van der Waals surface area contributed by atoms with Gasteiger partial charge in [-0.2, -0.15) is 0 Å². The molecule has 1 aliphatic heterocycles. The van der Waals surface area contributed by atoms with Crippen molar-refractivity contribution in [1.29, 1.82) is 0 Å². The Morgan fingerprint density at radius 2 is 2.00 bits per heavy atom. The normalized spacial score (nSPS) is 17.3. The van der Waals surface area contributed by atoms with Crippen LogP contribution in [0.3, 0.4) is 0 Å². The third-order valence-electron chi connectivity index (χ3n) is 2.08. The average Bonchev–Trinajstić information content (AvgIpc) is 2.55. The molecule has 1 heterocycles. The molecule has 1 saturated heterocycles. The van der Waals surface area contributed by atoms with E-state index in [0.29, 0.717) is 5.92 Å². The Morgan fingerprint density at radius 3 is 2.54 bits per heavy atom. The largest absolute Gasteiger partial charge is 0.325 e. The fourth-order valence-electron chi connectivity index (χ4n) is 1.32. The number of carbonyl (C=O) groups is 1. The number of rotatable bonds is 2. The minimum atomic E-state index is 0.0365. The van der Waals surface area contributed by atoms with Crippen LogP contribution in [0.4, 0.5) is 4.79 Å². The second-order valence-electron chi connectivity index (χ2n) is 3.75. The van der Waals surface area contributed by atoms with Crippen molar-refractivity contribution >= 4 is 6.03 Å². The predicted octanol–water partition coefficient (Wildman–Crippen LogP) is 1.96. The fraction of sp³-hybridized carbons (Fsp3) is 0.700. The number of allylic oxidation sites excluding steroid dienone is 1. The first-order chi connectivity index (χ1) is 6.20. The Labute approximate surface area is 79.8 Å². The van der Waals surface area contributed by atoms with E-state index in [1.807, 2.05) is 11.0 Å². The first-order valence-corrected chi connectivity index (χ1v) is 4.92. The molecule has 0 unspecified atom stereocenters. The van der Waals surface area contributed by atoms with Gasteiger partial charge < -0.3 is 10.2 Å². The summed E-state index contributed by atoms with van der Waals surface area (Å²) in [6, 6.07) is 0.0365. The third kappa shape index (κ3) is 3.49. The third-order valence-corrected chi connectivity index (χ3v) is 2.08. The lowest BCUT2D eigenvalue weighted by Crippen LogP contribution is -2.35. The van der Waals surface area contributed by atoms with Gasteiger partial charge in [0, 0.05) is 19.3 Å². The van der Waals surface area contributed by atoms with Crippen LogP contribution in [0.2, 0.25) is 0 Å². The number of hydrogen-bond donors (Lipinski definition) is 1. The second kappa shape index (κ2) is 4.90. The van der Waals surface area contributed by atoms with Gasteiger partial charge in [0.25, 0.3) is 0 Å². The maximum Gasteiger partial charge on any atom is 0.321 e. The Morgan fingerprint density at radius 1 is 1.38 bits per heavy atom. The van der Waals surface area contributed by atoms with Crippen LogP contribution in [0.25, 0.3) is 0 Å². The first kappa shape index (κ1) is 10.1. The summed E-state index contributed by atoms with van der Waals surface area (Å²) in [5.41, 5.74) is 0. The van der Waals surface area contributed by atoms with Crippen LogP contribution in [0.5, 0.6) is 0 Å². The van der Waals surface area contributed by atoms with Crippen LogP contribution in [-0.2, 0) is 0 Å². The van der Waals surface area contributed by atoms with E-state index < -0.39 is 0 Å². The lowest BCUT2D eigenvalue weighted by molar-refractivity contribution is 0.212. The molecule has 3 nitrogen and oxygen atoms in total. The first-order valence-electron chi connectivity index (χ1n) is 4.92. The molecule has 0 spiro atoms. The molecule has 0 bridgehead atoms. The Hall–Kier alpha value is -0.990. The van der Waals surface area contributed by atoms with Gasteiger partial charge in [-0.1, -0.05) is 19.9 Å². The predicted molar refractivity (Wildman–Crippen MR) is 53.3 cm³/mol. The van der Waals surface area contributed by atoms with Gasteiger partial charge in [-0.05, 0) is 18.8 Å². The van der Waals surface area contributed by atoms with Gasteiger partial charge in [0.05, 0.1) is 0 Å². The van der Waals surface area contributed by atoms with E-state index in [1.54, 1.807) is 6.20 Å². The molecule has 1 fully saturated rings. The highest BCUT2D eigenvalue weighted by molar-refractivity contribution is 5.75. The lowest BCUT2D eigenvalue weighted by Gasteiger charge is -2.13. The highest BCUT2D eigenvalue weighted by Crippen LogP contribution is 2.06. The minimum absolute atomic E-state index is 0.0365. The van der Waals surface area contributed by atoms with Crippen LogP contribution in [-0.4, -0.2) is 24.0 Å². The summed E-state index contributed by atoms with van der Waals surface area (Å²) < 4.78 is 0. The molecule has 0 aromatic carbocycles. The molecule has 1 N–H and O–H groups in total. The van der Waals surface area contributed by atoms with Gasteiger partial charge in [0.1, 0.15) is 0 Å². The van der Waals surface area contributed by atoms with E-state index in [2.05, 4.69) is 19.2 Å². The summed E-state index contributed by atoms with van der Waals surface area (Å²) in [5, 5.41) is 2.76. The smallest absolute Gasteiger partial charge is 0.321 e.